The van der Waals surface area contributed by atoms with Crippen LogP contribution < -0.4 is 4.74 Å². The van der Waals surface area contributed by atoms with E-state index >= 15 is 0 Å². The van der Waals surface area contributed by atoms with Crippen LogP contribution in [0.4, 0.5) is 0 Å². The molecule has 0 aliphatic carbocycles. The summed E-state index contributed by atoms with van der Waals surface area (Å²) < 4.78 is 5.64. The average molecular weight is 224 g/mol. The van der Waals surface area contributed by atoms with Gasteiger partial charge < -0.3 is 4.74 Å². The van der Waals surface area contributed by atoms with Crippen molar-refractivity contribution in [3.8, 4) is 17.7 Å². The number of aromatic nitrogens is 1. The van der Waals surface area contributed by atoms with Gasteiger partial charge in [0.25, 0.3) is 0 Å². The molecule has 0 bridgehead atoms. The normalized spacial score (nSPS) is 9.71. The Labute approximate surface area is 100 Å². The van der Waals surface area contributed by atoms with Gasteiger partial charge in [-0.25, -0.2) is 4.98 Å². The lowest BCUT2D eigenvalue weighted by Crippen LogP contribution is -1.91. The molecular weight excluding hydrogens is 212 g/mol. The fourth-order valence-corrected chi connectivity index (χ4v) is 1.46. The van der Waals surface area contributed by atoms with Crippen LogP contribution >= 0.6 is 0 Å². The first kappa shape index (κ1) is 11.2. The summed E-state index contributed by atoms with van der Waals surface area (Å²) in [5, 5.41) is 8.77. The third kappa shape index (κ3) is 2.61. The number of nitrogens with zero attached hydrogens (tertiary/aromatic N) is 2. The molecule has 0 saturated heterocycles. The Hall–Kier alpha value is -2.34. The van der Waals surface area contributed by atoms with Crippen molar-refractivity contribution in [1.82, 2.24) is 4.98 Å². The Morgan fingerprint density at radius 2 is 2.00 bits per heavy atom. The number of rotatable bonds is 2. The minimum atomic E-state index is 0.559. The number of aryl methyl sites for hydroxylation is 2. The Kier molecular flexibility index (Phi) is 3.06. The van der Waals surface area contributed by atoms with Gasteiger partial charge in [0.05, 0.1) is 11.6 Å². The summed E-state index contributed by atoms with van der Waals surface area (Å²) in [4.78, 5) is 4.17. The molecule has 0 saturated carbocycles. The van der Waals surface area contributed by atoms with Crippen LogP contribution in [-0.4, -0.2) is 4.98 Å². The zero-order chi connectivity index (χ0) is 12.3. The Morgan fingerprint density at radius 3 is 2.59 bits per heavy atom. The van der Waals surface area contributed by atoms with Crippen LogP contribution in [0.5, 0.6) is 11.6 Å². The first-order valence-corrected chi connectivity index (χ1v) is 5.30. The van der Waals surface area contributed by atoms with Crippen molar-refractivity contribution in [2.45, 2.75) is 13.8 Å². The van der Waals surface area contributed by atoms with E-state index in [1.807, 2.05) is 26.0 Å². The fourth-order valence-electron chi connectivity index (χ4n) is 1.46. The van der Waals surface area contributed by atoms with Crippen LogP contribution in [0.2, 0.25) is 0 Å². The molecule has 0 aliphatic heterocycles. The quantitative estimate of drug-likeness (QED) is 0.785. The summed E-state index contributed by atoms with van der Waals surface area (Å²) in [5.41, 5.74) is 2.65. The van der Waals surface area contributed by atoms with E-state index in [4.69, 9.17) is 10.00 Å². The van der Waals surface area contributed by atoms with Gasteiger partial charge in [0.1, 0.15) is 5.75 Å². The highest BCUT2D eigenvalue weighted by molar-refractivity contribution is 5.42. The third-order valence-corrected chi connectivity index (χ3v) is 2.40. The predicted octanol–water partition coefficient (Wildman–Crippen LogP) is 3.36. The summed E-state index contributed by atoms with van der Waals surface area (Å²) in [5.74, 6) is 1.28. The van der Waals surface area contributed by atoms with Crippen molar-refractivity contribution in [2.75, 3.05) is 0 Å². The van der Waals surface area contributed by atoms with Gasteiger partial charge in [-0.05, 0) is 43.2 Å². The first-order chi connectivity index (χ1) is 8.19. The molecule has 0 amide bonds. The molecular formula is C14H12N2O. The number of hydrogen-bond donors (Lipinski definition) is 0. The Bertz CT molecular complexity index is 568. The molecule has 1 aromatic heterocycles. The fraction of sp³-hybridized carbons (Fsp3) is 0.143. The second kappa shape index (κ2) is 4.67. The van der Waals surface area contributed by atoms with Crippen molar-refractivity contribution < 1.29 is 4.74 Å². The van der Waals surface area contributed by atoms with Crippen LogP contribution in [0.1, 0.15) is 16.7 Å². The topological polar surface area (TPSA) is 45.9 Å². The Morgan fingerprint density at radius 1 is 1.18 bits per heavy atom. The molecule has 84 valence electrons. The van der Waals surface area contributed by atoms with Crippen LogP contribution in [-0.2, 0) is 0 Å². The minimum absolute atomic E-state index is 0.559. The maximum absolute atomic E-state index is 8.77. The third-order valence-electron chi connectivity index (χ3n) is 2.40. The SMILES string of the molecule is Cc1ccc(Oc2ccc(C#N)cc2C)nc1. The molecule has 0 N–H and O–H groups in total. The van der Waals surface area contributed by atoms with E-state index in [-0.39, 0.29) is 0 Å². The number of benzene rings is 1. The zero-order valence-electron chi connectivity index (χ0n) is 9.77. The van der Waals surface area contributed by atoms with Crippen molar-refractivity contribution in [1.29, 1.82) is 5.26 Å². The lowest BCUT2D eigenvalue weighted by atomic mass is 10.1. The van der Waals surface area contributed by atoms with Crippen molar-refractivity contribution in [3.05, 3.63) is 53.2 Å². The van der Waals surface area contributed by atoms with Gasteiger partial charge >= 0.3 is 0 Å². The molecule has 3 heteroatoms. The molecule has 0 fully saturated rings. The van der Waals surface area contributed by atoms with E-state index in [2.05, 4.69) is 11.1 Å². The van der Waals surface area contributed by atoms with Crippen molar-refractivity contribution >= 4 is 0 Å². The molecule has 2 aromatic rings. The molecule has 1 heterocycles. The molecule has 0 radical (unpaired) electrons. The highest BCUT2D eigenvalue weighted by atomic mass is 16.5. The highest BCUT2D eigenvalue weighted by Crippen LogP contribution is 2.24. The average Bonchev–Trinajstić information content (AvgIpc) is 2.34. The van der Waals surface area contributed by atoms with E-state index < -0.39 is 0 Å². The Balaban J connectivity index is 2.25. The molecule has 17 heavy (non-hydrogen) atoms. The molecule has 0 unspecified atom stereocenters. The lowest BCUT2D eigenvalue weighted by Gasteiger charge is -2.07. The molecule has 3 nitrogen and oxygen atoms in total. The number of hydrogen-bond acceptors (Lipinski definition) is 3. The molecule has 1 aromatic carbocycles. The second-order valence-corrected chi connectivity index (χ2v) is 3.87. The van der Waals surface area contributed by atoms with Gasteiger partial charge in [-0.2, -0.15) is 5.26 Å². The summed E-state index contributed by atoms with van der Waals surface area (Å²) >= 11 is 0. The van der Waals surface area contributed by atoms with E-state index in [9.17, 15) is 0 Å². The summed E-state index contributed by atoms with van der Waals surface area (Å²) in [6.45, 7) is 3.88. The van der Waals surface area contributed by atoms with Gasteiger partial charge in [-0.1, -0.05) is 6.07 Å². The van der Waals surface area contributed by atoms with Crippen molar-refractivity contribution in [3.63, 3.8) is 0 Å². The number of nitriles is 1. The largest absolute Gasteiger partial charge is 0.439 e. The first-order valence-electron chi connectivity index (χ1n) is 5.30. The van der Waals surface area contributed by atoms with Gasteiger partial charge in [-0.15, -0.1) is 0 Å². The molecule has 0 spiro atoms. The zero-order valence-corrected chi connectivity index (χ0v) is 9.77. The monoisotopic (exact) mass is 224 g/mol. The van der Waals surface area contributed by atoms with Crippen LogP contribution in [0.3, 0.4) is 0 Å². The van der Waals surface area contributed by atoms with Gasteiger partial charge in [-0.3, -0.25) is 0 Å². The van der Waals surface area contributed by atoms with E-state index in [0.29, 0.717) is 11.4 Å². The van der Waals surface area contributed by atoms with Crippen LogP contribution in [0.15, 0.2) is 36.5 Å². The number of pyridine rings is 1. The second-order valence-electron chi connectivity index (χ2n) is 3.87. The predicted molar refractivity (Wildman–Crippen MR) is 64.9 cm³/mol. The van der Waals surface area contributed by atoms with Crippen LogP contribution in [0, 0.1) is 25.2 Å². The molecule has 0 atom stereocenters. The van der Waals surface area contributed by atoms with Gasteiger partial charge in [0.15, 0.2) is 0 Å². The van der Waals surface area contributed by atoms with E-state index in [0.717, 1.165) is 16.9 Å². The molecule has 0 aliphatic rings. The van der Waals surface area contributed by atoms with E-state index in [1.54, 1.807) is 24.4 Å². The lowest BCUT2D eigenvalue weighted by molar-refractivity contribution is 0.459. The standard InChI is InChI=1S/C14H12N2O/c1-10-3-6-14(16-9-10)17-13-5-4-12(8-15)7-11(13)2/h3-7,9H,1-2H3. The summed E-state index contributed by atoms with van der Waals surface area (Å²) in [6, 6.07) is 11.2. The van der Waals surface area contributed by atoms with Gasteiger partial charge in [0, 0.05) is 12.3 Å². The highest BCUT2D eigenvalue weighted by Gasteiger charge is 2.03. The summed E-state index contributed by atoms with van der Waals surface area (Å²) in [6.07, 6.45) is 1.76. The van der Waals surface area contributed by atoms with Crippen LogP contribution in [0.25, 0.3) is 0 Å². The maximum atomic E-state index is 8.77. The minimum Gasteiger partial charge on any atom is -0.439 e. The summed E-state index contributed by atoms with van der Waals surface area (Å²) in [7, 11) is 0. The number of ether oxygens (including phenoxy) is 1. The van der Waals surface area contributed by atoms with Gasteiger partial charge in [0.2, 0.25) is 5.88 Å². The maximum Gasteiger partial charge on any atom is 0.219 e. The van der Waals surface area contributed by atoms with E-state index in [1.165, 1.54) is 0 Å². The van der Waals surface area contributed by atoms with Crippen molar-refractivity contribution in [2.24, 2.45) is 0 Å². The molecule has 2 rings (SSSR count). The smallest absolute Gasteiger partial charge is 0.219 e.